The van der Waals surface area contributed by atoms with E-state index < -0.39 is 0 Å². The molecule has 1 aromatic rings. The fourth-order valence-corrected chi connectivity index (χ4v) is 2.90. The second-order valence-electron chi connectivity index (χ2n) is 5.25. The lowest BCUT2D eigenvalue weighted by atomic mass is 10.2. The van der Waals surface area contributed by atoms with Crippen LogP contribution in [0.2, 0.25) is 0 Å². The largest absolute Gasteiger partial charge is 0.380 e. The SMILES string of the molecule is Cc1sc(CN)cc1CN(C)CCOCC1CC1. The van der Waals surface area contributed by atoms with Crippen molar-refractivity contribution in [1.82, 2.24) is 4.90 Å². The van der Waals surface area contributed by atoms with E-state index in [1.807, 2.05) is 11.3 Å². The van der Waals surface area contributed by atoms with Gasteiger partial charge >= 0.3 is 0 Å². The molecule has 0 aromatic carbocycles. The van der Waals surface area contributed by atoms with Crippen LogP contribution in [0.4, 0.5) is 0 Å². The van der Waals surface area contributed by atoms with Gasteiger partial charge in [0.25, 0.3) is 0 Å². The summed E-state index contributed by atoms with van der Waals surface area (Å²) in [5, 5.41) is 0. The number of thiophene rings is 1. The van der Waals surface area contributed by atoms with Crippen molar-refractivity contribution in [1.29, 1.82) is 0 Å². The maximum absolute atomic E-state index is 5.67. The molecule has 1 heterocycles. The predicted octanol–water partition coefficient (Wildman–Crippen LogP) is 2.37. The lowest BCUT2D eigenvalue weighted by Crippen LogP contribution is -2.23. The Morgan fingerprint density at radius 1 is 1.50 bits per heavy atom. The molecule has 3 nitrogen and oxygen atoms in total. The standard InChI is InChI=1S/C14H24N2OS/c1-11-13(7-14(8-15)18-11)9-16(2)5-6-17-10-12-3-4-12/h7,12H,3-6,8-10,15H2,1-2H3. The molecule has 102 valence electrons. The summed E-state index contributed by atoms with van der Waals surface area (Å²) in [6, 6.07) is 2.24. The van der Waals surface area contributed by atoms with Crippen LogP contribution in [-0.2, 0) is 17.8 Å². The molecule has 0 atom stereocenters. The fourth-order valence-electron chi connectivity index (χ4n) is 1.97. The number of ether oxygens (including phenoxy) is 1. The highest BCUT2D eigenvalue weighted by Crippen LogP contribution is 2.28. The summed E-state index contributed by atoms with van der Waals surface area (Å²) in [5.41, 5.74) is 7.08. The molecule has 0 amide bonds. The maximum atomic E-state index is 5.67. The third kappa shape index (κ3) is 4.35. The normalized spacial score (nSPS) is 15.6. The number of nitrogens with zero attached hydrogens (tertiary/aromatic N) is 1. The zero-order valence-electron chi connectivity index (χ0n) is 11.4. The third-order valence-corrected chi connectivity index (χ3v) is 4.50. The number of rotatable bonds is 8. The Balaban J connectivity index is 1.68. The lowest BCUT2D eigenvalue weighted by molar-refractivity contribution is 0.102. The van der Waals surface area contributed by atoms with Gasteiger partial charge in [-0.3, -0.25) is 4.90 Å². The molecule has 2 N–H and O–H groups in total. The second-order valence-corrected chi connectivity index (χ2v) is 6.60. The molecule has 0 spiro atoms. The zero-order valence-corrected chi connectivity index (χ0v) is 12.3. The Labute approximate surface area is 114 Å². The van der Waals surface area contributed by atoms with Gasteiger partial charge < -0.3 is 10.5 Å². The monoisotopic (exact) mass is 268 g/mol. The van der Waals surface area contributed by atoms with E-state index in [0.717, 1.165) is 32.2 Å². The van der Waals surface area contributed by atoms with Gasteiger partial charge in [-0.05, 0) is 44.4 Å². The molecule has 1 aromatic heterocycles. The lowest BCUT2D eigenvalue weighted by Gasteiger charge is -2.16. The Morgan fingerprint density at radius 2 is 2.28 bits per heavy atom. The maximum Gasteiger partial charge on any atom is 0.0593 e. The molecular weight excluding hydrogens is 244 g/mol. The summed E-state index contributed by atoms with van der Waals surface area (Å²) in [6.07, 6.45) is 2.73. The smallest absolute Gasteiger partial charge is 0.0593 e. The molecule has 0 unspecified atom stereocenters. The topological polar surface area (TPSA) is 38.5 Å². The summed E-state index contributed by atoms with van der Waals surface area (Å²) < 4.78 is 5.66. The average Bonchev–Trinajstić information content (AvgIpc) is 3.10. The number of aryl methyl sites for hydroxylation is 1. The molecule has 1 fully saturated rings. The van der Waals surface area contributed by atoms with Gasteiger partial charge in [-0.1, -0.05) is 0 Å². The number of nitrogens with two attached hydrogens (primary N) is 1. The van der Waals surface area contributed by atoms with Crippen molar-refractivity contribution in [3.8, 4) is 0 Å². The van der Waals surface area contributed by atoms with Crippen LogP contribution in [0.15, 0.2) is 6.07 Å². The van der Waals surface area contributed by atoms with E-state index >= 15 is 0 Å². The van der Waals surface area contributed by atoms with E-state index in [9.17, 15) is 0 Å². The van der Waals surface area contributed by atoms with E-state index in [-0.39, 0.29) is 0 Å². The highest BCUT2D eigenvalue weighted by Gasteiger charge is 2.20. The minimum Gasteiger partial charge on any atom is -0.380 e. The van der Waals surface area contributed by atoms with Gasteiger partial charge in [0.05, 0.1) is 6.61 Å². The highest BCUT2D eigenvalue weighted by molar-refractivity contribution is 7.12. The third-order valence-electron chi connectivity index (χ3n) is 3.38. The summed E-state index contributed by atoms with van der Waals surface area (Å²) in [4.78, 5) is 4.99. The number of hydrogen-bond donors (Lipinski definition) is 1. The van der Waals surface area contributed by atoms with Gasteiger partial charge in [0.2, 0.25) is 0 Å². The van der Waals surface area contributed by atoms with Crippen molar-refractivity contribution in [3.05, 3.63) is 21.4 Å². The molecule has 2 rings (SSSR count). The van der Waals surface area contributed by atoms with Crippen molar-refractivity contribution in [2.24, 2.45) is 11.7 Å². The van der Waals surface area contributed by atoms with Crippen LogP contribution in [0, 0.1) is 12.8 Å². The van der Waals surface area contributed by atoms with Crippen LogP contribution < -0.4 is 5.73 Å². The molecule has 1 saturated carbocycles. The fraction of sp³-hybridized carbons (Fsp3) is 0.714. The Hall–Kier alpha value is -0.420. The van der Waals surface area contributed by atoms with Gasteiger partial charge in [0.15, 0.2) is 0 Å². The molecular formula is C14H24N2OS. The van der Waals surface area contributed by atoms with Gasteiger partial charge in [-0.15, -0.1) is 11.3 Å². The van der Waals surface area contributed by atoms with Crippen LogP contribution in [-0.4, -0.2) is 31.7 Å². The van der Waals surface area contributed by atoms with Crippen LogP contribution in [0.5, 0.6) is 0 Å². The van der Waals surface area contributed by atoms with Gasteiger partial charge in [0.1, 0.15) is 0 Å². The van der Waals surface area contributed by atoms with E-state index in [1.54, 1.807) is 0 Å². The van der Waals surface area contributed by atoms with Crippen LogP contribution in [0.1, 0.15) is 28.2 Å². The quantitative estimate of drug-likeness (QED) is 0.736. The van der Waals surface area contributed by atoms with E-state index in [4.69, 9.17) is 10.5 Å². The first-order valence-corrected chi connectivity index (χ1v) is 7.55. The van der Waals surface area contributed by atoms with E-state index in [1.165, 1.54) is 28.2 Å². The first-order chi connectivity index (χ1) is 8.69. The minimum absolute atomic E-state index is 0.653. The zero-order chi connectivity index (χ0) is 13.0. The van der Waals surface area contributed by atoms with Crippen LogP contribution in [0.3, 0.4) is 0 Å². The molecule has 1 aliphatic rings. The molecule has 1 aliphatic carbocycles. The molecule has 0 bridgehead atoms. The van der Waals surface area contributed by atoms with Gasteiger partial charge in [0, 0.05) is 36.0 Å². The number of likely N-dealkylation sites (N-methyl/N-ethyl adjacent to an activating group) is 1. The van der Waals surface area contributed by atoms with E-state index in [0.29, 0.717) is 6.54 Å². The Bertz CT molecular complexity index is 374. The van der Waals surface area contributed by atoms with Crippen molar-refractivity contribution in [2.75, 3.05) is 26.8 Å². The van der Waals surface area contributed by atoms with Crippen LogP contribution >= 0.6 is 11.3 Å². The first kappa shape index (κ1) is 14.0. The van der Waals surface area contributed by atoms with Gasteiger partial charge in [-0.25, -0.2) is 0 Å². The predicted molar refractivity (Wildman–Crippen MR) is 76.8 cm³/mol. The average molecular weight is 268 g/mol. The minimum atomic E-state index is 0.653. The molecule has 0 aliphatic heterocycles. The van der Waals surface area contributed by atoms with Gasteiger partial charge in [-0.2, -0.15) is 0 Å². The van der Waals surface area contributed by atoms with Crippen molar-refractivity contribution in [2.45, 2.75) is 32.9 Å². The van der Waals surface area contributed by atoms with Crippen molar-refractivity contribution >= 4 is 11.3 Å². The van der Waals surface area contributed by atoms with Crippen molar-refractivity contribution < 1.29 is 4.74 Å². The summed E-state index contributed by atoms with van der Waals surface area (Å²) in [6.45, 7) is 6.63. The Morgan fingerprint density at radius 3 is 2.89 bits per heavy atom. The molecule has 4 heteroatoms. The summed E-state index contributed by atoms with van der Waals surface area (Å²) in [7, 11) is 2.15. The molecule has 0 radical (unpaired) electrons. The number of hydrogen-bond acceptors (Lipinski definition) is 4. The first-order valence-electron chi connectivity index (χ1n) is 6.73. The highest BCUT2D eigenvalue weighted by atomic mass is 32.1. The summed E-state index contributed by atoms with van der Waals surface area (Å²) >= 11 is 1.81. The summed E-state index contributed by atoms with van der Waals surface area (Å²) in [5.74, 6) is 0.863. The molecule has 0 saturated heterocycles. The van der Waals surface area contributed by atoms with E-state index in [2.05, 4.69) is 24.9 Å². The second kappa shape index (κ2) is 6.66. The Kier molecular flexibility index (Phi) is 5.18. The van der Waals surface area contributed by atoms with Crippen LogP contribution in [0.25, 0.3) is 0 Å². The molecule has 18 heavy (non-hydrogen) atoms. The van der Waals surface area contributed by atoms with Crippen molar-refractivity contribution in [3.63, 3.8) is 0 Å².